The monoisotopic (exact) mass is 412 g/mol. The third kappa shape index (κ3) is 3.34. The van der Waals surface area contributed by atoms with Crippen molar-refractivity contribution in [3.05, 3.63) is 52.3 Å². The van der Waals surface area contributed by atoms with E-state index in [1.54, 1.807) is 38.5 Å². The summed E-state index contributed by atoms with van der Waals surface area (Å²) >= 11 is 1.20. The summed E-state index contributed by atoms with van der Waals surface area (Å²) in [5.74, 6) is 0.728. The van der Waals surface area contributed by atoms with Crippen LogP contribution < -0.4 is 20.3 Å². The Balaban J connectivity index is 1.78. The van der Waals surface area contributed by atoms with Crippen LogP contribution >= 0.6 is 11.3 Å². The van der Waals surface area contributed by atoms with E-state index in [2.05, 4.69) is 15.4 Å². The van der Waals surface area contributed by atoms with Gasteiger partial charge >= 0.3 is 5.97 Å². The molecule has 0 aliphatic heterocycles. The molecule has 148 valence electrons. The van der Waals surface area contributed by atoms with E-state index in [-0.39, 0.29) is 5.56 Å². The Labute approximate surface area is 168 Å². The molecule has 0 fully saturated rings. The van der Waals surface area contributed by atoms with E-state index in [0.717, 1.165) is 0 Å². The largest absolute Gasteiger partial charge is 0.497 e. The average molecular weight is 412 g/mol. The first kappa shape index (κ1) is 18.7. The second-order valence-corrected chi connectivity index (χ2v) is 6.89. The number of nitrogens with zero attached hydrogens (tertiary/aromatic N) is 3. The molecule has 0 bridgehead atoms. The van der Waals surface area contributed by atoms with E-state index in [1.165, 1.54) is 35.1 Å². The van der Waals surface area contributed by atoms with Crippen LogP contribution in [0.4, 0.5) is 10.8 Å². The molecular formula is C19H16N4O5S. The highest BCUT2D eigenvalue weighted by atomic mass is 32.1. The van der Waals surface area contributed by atoms with Gasteiger partial charge in [0, 0.05) is 6.07 Å². The summed E-state index contributed by atoms with van der Waals surface area (Å²) in [6, 6.07) is 9.91. The molecule has 0 aliphatic carbocycles. The highest BCUT2D eigenvalue weighted by molar-refractivity contribution is 7.20. The molecule has 0 amide bonds. The molecule has 0 radical (unpaired) electrons. The van der Waals surface area contributed by atoms with E-state index in [1.807, 2.05) is 0 Å². The minimum Gasteiger partial charge on any atom is -0.497 e. The zero-order valence-electron chi connectivity index (χ0n) is 15.8. The first-order chi connectivity index (χ1) is 14.0. The van der Waals surface area contributed by atoms with Crippen LogP contribution in [0.25, 0.3) is 15.9 Å². The van der Waals surface area contributed by atoms with Gasteiger partial charge in [0.05, 0.1) is 43.5 Å². The summed E-state index contributed by atoms with van der Waals surface area (Å²) in [7, 11) is 4.42. The van der Waals surface area contributed by atoms with Gasteiger partial charge in [-0.3, -0.25) is 4.79 Å². The van der Waals surface area contributed by atoms with Crippen molar-refractivity contribution in [1.82, 2.24) is 14.6 Å². The predicted octanol–water partition coefficient (Wildman–Crippen LogP) is 2.85. The number of aromatic nitrogens is 3. The zero-order valence-corrected chi connectivity index (χ0v) is 16.6. The molecular weight excluding hydrogens is 396 g/mol. The molecule has 0 aliphatic rings. The third-order valence-electron chi connectivity index (χ3n) is 4.27. The first-order valence-corrected chi connectivity index (χ1v) is 9.26. The third-order valence-corrected chi connectivity index (χ3v) is 5.09. The number of carbonyl (C=O) groups is 1. The molecule has 10 heteroatoms. The summed E-state index contributed by atoms with van der Waals surface area (Å²) < 4.78 is 16.5. The summed E-state index contributed by atoms with van der Waals surface area (Å²) in [4.78, 5) is 29.4. The van der Waals surface area contributed by atoms with E-state index in [0.29, 0.717) is 43.7 Å². The molecule has 1 N–H and O–H groups in total. The topological polar surface area (TPSA) is 104 Å². The van der Waals surface area contributed by atoms with Gasteiger partial charge in [0.1, 0.15) is 11.5 Å². The van der Waals surface area contributed by atoms with Gasteiger partial charge in [0.25, 0.3) is 5.56 Å². The Morgan fingerprint density at radius 3 is 2.66 bits per heavy atom. The van der Waals surface area contributed by atoms with Gasteiger partial charge in [-0.15, -0.1) is 5.10 Å². The van der Waals surface area contributed by atoms with Crippen LogP contribution in [0.1, 0.15) is 10.4 Å². The van der Waals surface area contributed by atoms with Gasteiger partial charge in [-0.05, 0) is 30.3 Å². The average Bonchev–Trinajstić information content (AvgIpc) is 3.15. The zero-order chi connectivity index (χ0) is 20.5. The second-order valence-electron chi connectivity index (χ2n) is 5.93. The van der Waals surface area contributed by atoms with Crippen molar-refractivity contribution in [3.8, 4) is 11.5 Å². The maximum Gasteiger partial charge on any atom is 0.337 e. The molecule has 2 heterocycles. The van der Waals surface area contributed by atoms with Crippen LogP contribution in [0.3, 0.4) is 0 Å². The Kier molecular flexibility index (Phi) is 4.77. The SMILES string of the molecule is COC(=O)c1ccc2c(=O)n3nc(Nc4ccc(OC)cc4OC)sc3nc2c1. The number of ether oxygens (including phenoxy) is 3. The Morgan fingerprint density at radius 2 is 1.93 bits per heavy atom. The standard InChI is InChI=1S/C19H16N4O5S/c1-26-11-5-7-13(15(9-11)27-2)20-18-22-23-16(24)12-6-4-10(17(25)28-3)8-14(12)21-19(23)29-18/h4-9H,1-3H3,(H,20,22). The van der Waals surface area contributed by atoms with Gasteiger partial charge in [0.15, 0.2) is 0 Å². The molecule has 9 nitrogen and oxygen atoms in total. The van der Waals surface area contributed by atoms with E-state index >= 15 is 0 Å². The molecule has 4 aromatic rings. The summed E-state index contributed by atoms with van der Waals surface area (Å²) in [5, 5.41) is 8.27. The Bertz CT molecular complexity index is 1300. The van der Waals surface area contributed by atoms with Crippen molar-refractivity contribution in [2.24, 2.45) is 0 Å². The Morgan fingerprint density at radius 1 is 1.10 bits per heavy atom. The summed E-state index contributed by atoms with van der Waals surface area (Å²) in [6.07, 6.45) is 0. The smallest absolute Gasteiger partial charge is 0.337 e. The molecule has 0 saturated heterocycles. The highest BCUT2D eigenvalue weighted by Gasteiger charge is 2.15. The maximum atomic E-state index is 12.8. The molecule has 0 spiro atoms. The quantitative estimate of drug-likeness (QED) is 0.499. The van der Waals surface area contributed by atoms with Crippen molar-refractivity contribution >= 4 is 44.0 Å². The van der Waals surface area contributed by atoms with Gasteiger partial charge in [-0.25, -0.2) is 9.78 Å². The highest BCUT2D eigenvalue weighted by Crippen LogP contribution is 2.32. The van der Waals surface area contributed by atoms with E-state index < -0.39 is 5.97 Å². The second kappa shape index (κ2) is 7.40. The Hall–Kier alpha value is -3.66. The van der Waals surface area contributed by atoms with Crippen LogP contribution in [-0.2, 0) is 4.74 Å². The molecule has 0 unspecified atom stereocenters. The first-order valence-electron chi connectivity index (χ1n) is 8.45. The number of benzene rings is 2. The molecule has 0 atom stereocenters. The minimum absolute atomic E-state index is 0.321. The van der Waals surface area contributed by atoms with Gasteiger partial charge < -0.3 is 19.5 Å². The van der Waals surface area contributed by atoms with Crippen LogP contribution in [0.15, 0.2) is 41.2 Å². The number of hydrogen-bond acceptors (Lipinski definition) is 9. The molecule has 4 rings (SSSR count). The lowest BCUT2D eigenvalue weighted by Gasteiger charge is -2.10. The number of carbonyl (C=O) groups excluding carboxylic acids is 1. The summed E-state index contributed by atoms with van der Waals surface area (Å²) in [5.41, 5.74) is 1.06. The van der Waals surface area contributed by atoms with Gasteiger partial charge in [-0.2, -0.15) is 4.52 Å². The van der Waals surface area contributed by atoms with Crippen LogP contribution in [0.5, 0.6) is 11.5 Å². The maximum absolute atomic E-state index is 12.8. The van der Waals surface area contributed by atoms with E-state index in [9.17, 15) is 9.59 Å². The van der Waals surface area contributed by atoms with Crippen LogP contribution in [0.2, 0.25) is 0 Å². The van der Waals surface area contributed by atoms with Crippen molar-refractivity contribution in [1.29, 1.82) is 0 Å². The fourth-order valence-electron chi connectivity index (χ4n) is 2.82. The minimum atomic E-state index is -0.493. The number of anilines is 2. The molecule has 2 aromatic heterocycles. The van der Waals surface area contributed by atoms with E-state index in [4.69, 9.17) is 14.2 Å². The number of methoxy groups -OCH3 is 3. The lowest BCUT2D eigenvalue weighted by molar-refractivity contribution is 0.0601. The lowest BCUT2D eigenvalue weighted by atomic mass is 10.1. The van der Waals surface area contributed by atoms with Crippen LogP contribution in [-0.4, -0.2) is 41.9 Å². The van der Waals surface area contributed by atoms with Crippen molar-refractivity contribution in [2.75, 3.05) is 26.6 Å². The van der Waals surface area contributed by atoms with Crippen molar-refractivity contribution in [3.63, 3.8) is 0 Å². The fourth-order valence-corrected chi connectivity index (χ4v) is 3.63. The number of esters is 1. The number of fused-ring (bicyclic) bond motifs is 2. The van der Waals surface area contributed by atoms with Gasteiger partial charge in [-0.1, -0.05) is 11.3 Å². The predicted molar refractivity (Wildman–Crippen MR) is 109 cm³/mol. The normalized spacial score (nSPS) is 10.9. The molecule has 2 aromatic carbocycles. The van der Waals surface area contributed by atoms with Crippen molar-refractivity contribution < 1.29 is 19.0 Å². The summed E-state index contributed by atoms with van der Waals surface area (Å²) in [6.45, 7) is 0. The molecule has 29 heavy (non-hydrogen) atoms. The van der Waals surface area contributed by atoms with Crippen LogP contribution in [0, 0.1) is 0 Å². The van der Waals surface area contributed by atoms with Gasteiger partial charge in [0.2, 0.25) is 10.1 Å². The number of nitrogens with one attached hydrogen (secondary N) is 1. The lowest BCUT2D eigenvalue weighted by Crippen LogP contribution is -2.15. The number of hydrogen-bond donors (Lipinski definition) is 1. The van der Waals surface area contributed by atoms with Crippen molar-refractivity contribution in [2.45, 2.75) is 0 Å². The number of rotatable bonds is 5. The molecule has 0 saturated carbocycles. The fraction of sp³-hybridized carbons (Fsp3) is 0.158.